The molecule has 0 aliphatic carbocycles. The second-order valence-corrected chi connectivity index (χ2v) is 5.37. The van der Waals surface area contributed by atoms with Crippen molar-refractivity contribution in [3.8, 4) is 17.2 Å². The first kappa shape index (κ1) is 16.6. The van der Waals surface area contributed by atoms with Crippen LogP contribution < -0.4 is 15.4 Å². The molecular weight excluding hydrogens is 318 g/mol. The van der Waals surface area contributed by atoms with Gasteiger partial charge in [0.2, 0.25) is 5.89 Å². The summed E-state index contributed by atoms with van der Waals surface area (Å²) >= 11 is 0. The van der Waals surface area contributed by atoms with Crippen molar-refractivity contribution in [3.63, 3.8) is 0 Å². The molecule has 0 aliphatic rings. The lowest BCUT2D eigenvalue weighted by Crippen LogP contribution is -2.30. The van der Waals surface area contributed by atoms with Crippen LogP contribution in [-0.4, -0.2) is 24.7 Å². The number of carbonyl (C=O) groups excluding carboxylic acids is 1. The lowest BCUT2D eigenvalue weighted by atomic mass is 10.2. The summed E-state index contributed by atoms with van der Waals surface area (Å²) in [4.78, 5) is 16.3. The van der Waals surface area contributed by atoms with Crippen LogP contribution in [-0.2, 0) is 6.42 Å². The SMILES string of the molecule is COc1ccc(NC(=O)NCCc2coc(-c3ccccc3)n2)cc1. The highest BCUT2D eigenvalue weighted by Crippen LogP contribution is 2.18. The fourth-order valence-electron chi connectivity index (χ4n) is 2.29. The number of amides is 2. The number of methoxy groups -OCH3 is 1. The van der Waals surface area contributed by atoms with E-state index in [0.29, 0.717) is 24.5 Å². The fraction of sp³-hybridized carbons (Fsp3) is 0.158. The van der Waals surface area contributed by atoms with Gasteiger partial charge in [-0.25, -0.2) is 9.78 Å². The number of nitrogens with zero attached hydrogens (tertiary/aromatic N) is 1. The van der Waals surface area contributed by atoms with E-state index < -0.39 is 0 Å². The predicted octanol–water partition coefficient (Wildman–Crippen LogP) is 3.71. The molecule has 2 N–H and O–H groups in total. The van der Waals surface area contributed by atoms with Gasteiger partial charge in [-0.1, -0.05) is 18.2 Å². The summed E-state index contributed by atoms with van der Waals surface area (Å²) in [6.45, 7) is 0.461. The summed E-state index contributed by atoms with van der Waals surface area (Å²) in [5.41, 5.74) is 2.42. The van der Waals surface area contributed by atoms with Gasteiger partial charge in [0.1, 0.15) is 12.0 Å². The van der Waals surface area contributed by atoms with Crippen LogP contribution in [0.15, 0.2) is 65.3 Å². The molecule has 2 aromatic carbocycles. The monoisotopic (exact) mass is 337 g/mol. The van der Waals surface area contributed by atoms with E-state index in [9.17, 15) is 4.79 Å². The Morgan fingerprint density at radius 3 is 2.60 bits per heavy atom. The molecule has 0 aliphatic heterocycles. The number of benzene rings is 2. The van der Waals surface area contributed by atoms with Crippen LogP contribution in [0.5, 0.6) is 5.75 Å². The third-order valence-electron chi connectivity index (χ3n) is 3.59. The number of urea groups is 1. The Kier molecular flexibility index (Phi) is 5.31. The van der Waals surface area contributed by atoms with E-state index >= 15 is 0 Å². The molecule has 6 nitrogen and oxygen atoms in total. The first-order chi connectivity index (χ1) is 12.2. The van der Waals surface area contributed by atoms with Gasteiger partial charge in [-0.3, -0.25) is 0 Å². The van der Waals surface area contributed by atoms with Gasteiger partial charge >= 0.3 is 6.03 Å². The molecule has 25 heavy (non-hydrogen) atoms. The molecule has 3 aromatic rings. The molecule has 128 valence electrons. The zero-order chi connectivity index (χ0) is 17.5. The molecule has 0 saturated carbocycles. The van der Waals surface area contributed by atoms with Crippen molar-refractivity contribution in [2.45, 2.75) is 6.42 Å². The minimum absolute atomic E-state index is 0.267. The van der Waals surface area contributed by atoms with Crippen LogP contribution in [0.3, 0.4) is 0 Å². The topological polar surface area (TPSA) is 76.4 Å². The fourth-order valence-corrected chi connectivity index (χ4v) is 2.29. The van der Waals surface area contributed by atoms with E-state index in [-0.39, 0.29) is 6.03 Å². The van der Waals surface area contributed by atoms with Gasteiger partial charge in [0.05, 0.1) is 12.8 Å². The molecule has 2 amide bonds. The van der Waals surface area contributed by atoms with Crippen molar-refractivity contribution < 1.29 is 13.9 Å². The maximum atomic E-state index is 11.9. The molecule has 6 heteroatoms. The van der Waals surface area contributed by atoms with E-state index in [1.165, 1.54) is 0 Å². The Balaban J connectivity index is 1.46. The van der Waals surface area contributed by atoms with Crippen LogP contribution in [0.4, 0.5) is 10.5 Å². The van der Waals surface area contributed by atoms with Crippen LogP contribution in [0.1, 0.15) is 5.69 Å². The van der Waals surface area contributed by atoms with Crippen LogP contribution in [0.2, 0.25) is 0 Å². The smallest absolute Gasteiger partial charge is 0.319 e. The van der Waals surface area contributed by atoms with Crippen LogP contribution in [0, 0.1) is 0 Å². The maximum Gasteiger partial charge on any atom is 0.319 e. The van der Waals surface area contributed by atoms with Gasteiger partial charge in [-0.15, -0.1) is 0 Å². The summed E-state index contributed by atoms with van der Waals surface area (Å²) in [5, 5.41) is 5.56. The van der Waals surface area contributed by atoms with Gasteiger partial charge in [0.25, 0.3) is 0 Å². The van der Waals surface area contributed by atoms with Crippen molar-refractivity contribution in [3.05, 3.63) is 66.6 Å². The Hall–Kier alpha value is -3.28. The third kappa shape index (κ3) is 4.60. The van der Waals surface area contributed by atoms with Crippen LogP contribution in [0.25, 0.3) is 11.5 Å². The minimum Gasteiger partial charge on any atom is -0.497 e. The summed E-state index contributed by atoms with van der Waals surface area (Å²) in [6, 6.07) is 16.6. The normalized spacial score (nSPS) is 10.3. The highest BCUT2D eigenvalue weighted by atomic mass is 16.5. The van der Waals surface area contributed by atoms with Gasteiger partial charge in [0.15, 0.2) is 0 Å². The molecular formula is C19H19N3O3. The second-order valence-electron chi connectivity index (χ2n) is 5.37. The van der Waals surface area contributed by atoms with Crippen molar-refractivity contribution in [2.24, 2.45) is 0 Å². The second kappa shape index (κ2) is 8.01. The number of hydrogen-bond donors (Lipinski definition) is 2. The van der Waals surface area contributed by atoms with Crippen molar-refractivity contribution in [1.82, 2.24) is 10.3 Å². The number of ether oxygens (including phenoxy) is 1. The number of aromatic nitrogens is 1. The zero-order valence-electron chi connectivity index (χ0n) is 13.9. The zero-order valence-corrected chi connectivity index (χ0v) is 13.9. The molecule has 1 aromatic heterocycles. The van der Waals surface area contributed by atoms with Gasteiger partial charge in [-0.2, -0.15) is 0 Å². The lowest BCUT2D eigenvalue weighted by Gasteiger charge is -2.07. The minimum atomic E-state index is -0.267. The van der Waals surface area contributed by atoms with Gasteiger partial charge in [-0.05, 0) is 36.4 Å². The summed E-state index contributed by atoms with van der Waals surface area (Å²) in [6.07, 6.45) is 2.21. The average molecular weight is 337 g/mol. The summed E-state index contributed by atoms with van der Waals surface area (Å²) in [5.74, 6) is 1.32. The summed E-state index contributed by atoms with van der Waals surface area (Å²) < 4.78 is 10.6. The molecule has 0 atom stereocenters. The Labute approximate surface area is 145 Å². The van der Waals surface area contributed by atoms with E-state index in [2.05, 4.69) is 15.6 Å². The highest BCUT2D eigenvalue weighted by Gasteiger charge is 2.07. The molecule has 1 heterocycles. The number of anilines is 1. The Bertz CT molecular complexity index is 813. The van der Waals surface area contributed by atoms with E-state index in [1.807, 2.05) is 30.3 Å². The summed E-state index contributed by atoms with van der Waals surface area (Å²) in [7, 11) is 1.60. The molecule has 0 spiro atoms. The molecule has 0 saturated heterocycles. The van der Waals surface area contributed by atoms with E-state index in [0.717, 1.165) is 17.0 Å². The number of nitrogens with one attached hydrogen (secondary N) is 2. The third-order valence-corrected chi connectivity index (χ3v) is 3.59. The highest BCUT2D eigenvalue weighted by molar-refractivity contribution is 5.89. The first-order valence-electron chi connectivity index (χ1n) is 7.93. The van der Waals surface area contributed by atoms with Gasteiger partial charge < -0.3 is 19.8 Å². The molecule has 0 radical (unpaired) electrons. The quantitative estimate of drug-likeness (QED) is 0.719. The number of oxazole rings is 1. The van der Waals surface area contributed by atoms with Crippen molar-refractivity contribution in [2.75, 3.05) is 19.0 Å². The largest absolute Gasteiger partial charge is 0.497 e. The number of hydrogen-bond acceptors (Lipinski definition) is 4. The standard InChI is InChI=1S/C19H19N3O3/c1-24-17-9-7-15(8-10-17)22-19(23)20-12-11-16-13-25-18(21-16)14-5-3-2-4-6-14/h2-10,13H,11-12H2,1H3,(H2,20,22,23). The number of carbonyl (C=O) groups is 1. The maximum absolute atomic E-state index is 11.9. The van der Waals surface area contributed by atoms with Crippen molar-refractivity contribution >= 4 is 11.7 Å². The number of rotatable bonds is 6. The van der Waals surface area contributed by atoms with E-state index in [1.54, 1.807) is 37.6 Å². The first-order valence-corrected chi connectivity index (χ1v) is 7.93. The molecule has 0 unspecified atom stereocenters. The predicted molar refractivity (Wildman–Crippen MR) is 95.7 cm³/mol. The van der Waals surface area contributed by atoms with Crippen molar-refractivity contribution in [1.29, 1.82) is 0 Å². The van der Waals surface area contributed by atoms with E-state index in [4.69, 9.17) is 9.15 Å². The van der Waals surface area contributed by atoms with Crippen LogP contribution >= 0.6 is 0 Å². The van der Waals surface area contributed by atoms with Gasteiger partial charge in [0, 0.05) is 24.2 Å². The molecule has 0 bridgehead atoms. The average Bonchev–Trinajstić information content (AvgIpc) is 3.12. The lowest BCUT2D eigenvalue weighted by molar-refractivity contribution is 0.252. The molecule has 0 fully saturated rings. The Morgan fingerprint density at radius 1 is 1.12 bits per heavy atom. The molecule has 3 rings (SSSR count). The Morgan fingerprint density at radius 2 is 1.88 bits per heavy atom.